The minimum Gasteiger partial charge on any atom is -0.497 e. The van der Waals surface area contributed by atoms with Crippen LogP contribution in [0.3, 0.4) is 0 Å². The Morgan fingerprint density at radius 1 is 0.920 bits per heavy atom. The highest BCUT2D eigenvalue weighted by Gasteiger charge is 2.18. The van der Waals surface area contributed by atoms with E-state index < -0.39 is 18.1 Å². The maximum atomic E-state index is 11.9. The van der Waals surface area contributed by atoms with Crippen molar-refractivity contribution in [2.75, 3.05) is 7.11 Å². The second-order valence-corrected chi connectivity index (χ2v) is 5.38. The van der Waals surface area contributed by atoms with Crippen LogP contribution in [0, 0.1) is 0 Å². The molecule has 6 nitrogen and oxygen atoms in total. The normalized spacial score (nSPS) is 11.3. The van der Waals surface area contributed by atoms with E-state index in [1.807, 2.05) is 30.3 Å². The number of amides is 1. The molecule has 0 aliphatic carbocycles. The first-order chi connectivity index (χ1) is 12.1. The zero-order chi connectivity index (χ0) is 18.1. The van der Waals surface area contributed by atoms with E-state index in [4.69, 9.17) is 14.2 Å². The van der Waals surface area contributed by atoms with Crippen LogP contribution in [0.2, 0.25) is 0 Å². The molecule has 0 aromatic heterocycles. The van der Waals surface area contributed by atoms with E-state index in [0.717, 1.165) is 16.9 Å². The molecule has 25 heavy (non-hydrogen) atoms. The fraction of sp³-hybridized carbons (Fsp3) is 0.263. The summed E-state index contributed by atoms with van der Waals surface area (Å²) in [7, 11) is 1.58. The zero-order valence-electron chi connectivity index (χ0n) is 14.2. The average molecular weight is 343 g/mol. The van der Waals surface area contributed by atoms with Crippen LogP contribution in [0.5, 0.6) is 5.75 Å². The van der Waals surface area contributed by atoms with E-state index in [2.05, 4.69) is 5.32 Å². The van der Waals surface area contributed by atoms with E-state index in [0.29, 0.717) is 0 Å². The van der Waals surface area contributed by atoms with Crippen molar-refractivity contribution >= 4 is 12.1 Å². The highest BCUT2D eigenvalue weighted by Crippen LogP contribution is 2.12. The van der Waals surface area contributed by atoms with Gasteiger partial charge in [0.2, 0.25) is 0 Å². The average Bonchev–Trinajstić information content (AvgIpc) is 2.65. The molecular formula is C19H21NO5. The predicted molar refractivity (Wildman–Crippen MR) is 92.0 cm³/mol. The molecule has 0 spiro atoms. The lowest BCUT2D eigenvalue weighted by Gasteiger charge is -2.13. The first-order valence-electron chi connectivity index (χ1n) is 7.85. The molecule has 0 bridgehead atoms. The highest BCUT2D eigenvalue weighted by molar-refractivity contribution is 5.80. The fourth-order valence-electron chi connectivity index (χ4n) is 2.00. The summed E-state index contributed by atoms with van der Waals surface area (Å²) < 4.78 is 15.3. The van der Waals surface area contributed by atoms with Gasteiger partial charge in [0, 0.05) is 0 Å². The third-order valence-corrected chi connectivity index (χ3v) is 3.44. The van der Waals surface area contributed by atoms with Crippen LogP contribution in [-0.4, -0.2) is 25.2 Å². The number of carbonyl (C=O) groups is 2. The minimum absolute atomic E-state index is 0.119. The van der Waals surface area contributed by atoms with Crippen molar-refractivity contribution < 1.29 is 23.8 Å². The molecule has 2 aromatic carbocycles. The quantitative estimate of drug-likeness (QED) is 0.782. The van der Waals surface area contributed by atoms with Crippen molar-refractivity contribution in [1.29, 1.82) is 0 Å². The van der Waals surface area contributed by atoms with Gasteiger partial charge in [0.15, 0.2) is 0 Å². The lowest BCUT2D eigenvalue weighted by atomic mass is 10.2. The van der Waals surface area contributed by atoms with Crippen LogP contribution < -0.4 is 10.1 Å². The van der Waals surface area contributed by atoms with Gasteiger partial charge in [0.1, 0.15) is 25.0 Å². The van der Waals surface area contributed by atoms with E-state index >= 15 is 0 Å². The maximum absolute atomic E-state index is 11.9. The first-order valence-corrected chi connectivity index (χ1v) is 7.85. The zero-order valence-corrected chi connectivity index (χ0v) is 14.2. The molecule has 0 radical (unpaired) electrons. The smallest absolute Gasteiger partial charge is 0.408 e. The highest BCUT2D eigenvalue weighted by atomic mass is 16.6. The second kappa shape index (κ2) is 9.32. The molecule has 1 amide bonds. The summed E-state index contributed by atoms with van der Waals surface area (Å²) >= 11 is 0. The van der Waals surface area contributed by atoms with Gasteiger partial charge in [-0.1, -0.05) is 42.5 Å². The van der Waals surface area contributed by atoms with Gasteiger partial charge < -0.3 is 19.5 Å². The molecule has 0 unspecified atom stereocenters. The van der Waals surface area contributed by atoms with E-state index in [1.165, 1.54) is 0 Å². The lowest BCUT2D eigenvalue weighted by Crippen LogP contribution is -2.39. The van der Waals surface area contributed by atoms with E-state index in [-0.39, 0.29) is 13.2 Å². The van der Waals surface area contributed by atoms with Gasteiger partial charge in [-0.2, -0.15) is 0 Å². The van der Waals surface area contributed by atoms with Crippen molar-refractivity contribution in [1.82, 2.24) is 5.32 Å². The van der Waals surface area contributed by atoms with Crippen molar-refractivity contribution in [3.05, 3.63) is 65.7 Å². The first kappa shape index (κ1) is 18.3. The molecule has 0 aliphatic rings. The monoisotopic (exact) mass is 343 g/mol. The fourth-order valence-corrected chi connectivity index (χ4v) is 2.00. The van der Waals surface area contributed by atoms with Crippen molar-refractivity contribution in [2.45, 2.75) is 26.2 Å². The molecule has 0 saturated heterocycles. The molecule has 2 aromatic rings. The molecule has 1 atom stereocenters. The predicted octanol–water partition coefficient (Wildman–Crippen LogP) is 3.05. The number of nitrogens with one attached hydrogen (secondary N) is 1. The Morgan fingerprint density at radius 2 is 1.52 bits per heavy atom. The molecule has 2 rings (SSSR count). The molecule has 0 heterocycles. The molecule has 0 fully saturated rings. The number of benzene rings is 2. The summed E-state index contributed by atoms with van der Waals surface area (Å²) in [5, 5.41) is 2.45. The molecule has 132 valence electrons. The Morgan fingerprint density at radius 3 is 2.16 bits per heavy atom. The van der Waals surface area contributed by atoms with E-state index in [1.54, 1.807) is 38.3 Å². The van der Waals surface area contributed by atoms with Gasteiger partial charge >= 0.3 is 12.1 Å². The second-order valence-electron chi connectivity index (χ2n) is 5.38. The molecule has 0 saturated carbocycles. The summed E-state index contributed by atoms with van der Waals surface area (Å²) in [6.07, 6.45) is -0.669. The van der Waals surface area contributed by atoms with Crippen molar-refractivity contribution in [3.8, 4) is 5.75 Å². The van der Waals surface area contributed by atoms with Gasteiger partial charge in [0.05, 0.1) is 7.11 Å². The topological polar surface area (TPSA) is 73.9 Å². The Labute approximate surface area is 146 Å². The summed E-state index contributed by atoms with van der Waals surface area (Å²) in [5.41, 5.74) is 1.69. The summed E-state index contributed by atoms with van der Waals surface area (Å²) in [6.45, 7) is 1.80. The van der Waals surface area contributed by atoms with Gasteiger partial charge in [-0.3, -0.25) is 0 Å². The molecular weight excluding hydrogens is 322 g/mol. The largest absolute Gasteiger partial charge is 0.497 e. The van der Waals surface area contributed by atoms with Crippen LogP contribution in [0.1, 0.15) is 18.1 Å². The number of rotatable bonds is 7. The van der Waals surface area contributed by atoms with Crippen molar-refractivity contribution in [2.24, 2.45) is 0 Å². The van der Waals surface area contributed by atoms with E-state index in [9.17, 15) is 9.59 Å². The molecule has 0 aliphatic heterocycles. The number of esters is 1. The Kier molecular flexibility index (Phi) is 6.83. The Hall–Kier alpha value is -3.02. The third kappa shape index (κ3) is 6.18. The van der Waals surface area contributed by atoms with Crippen LogP contribution >= 0.6 is 0 Å². The Balaban J connectivity index is 1.72. The number of hydrogen-bond acceptors (Lipinski definition) is 5. The lowest BCUT2D eigenvalue weighted by molar-refractivity contribution is -0.146. The van der Waals surface area contributed by atoms with Crippen LogP contribution in [-0.2, 0) is 27.5 Å². The number of alkyl carbamates (subject to hydrolysis) is 1. The summed E-state index contributed by atoms with van der Waals surface area (Å²) in [5.74, 6) is 0.193. The number of carbonyl (C=O) groups excluding carboxylic acids is 2. The molecule has 6 heteroatoms. The van der Waals surface area contributed by atoms with Crippen molar-refractivity contribution in [3.63, 3.8) is 0 Å². The Bertz CT molecular complexity index is 685. The number of ether oxygens (including phenoxy) is 3. The van der Waals surface area contributed by atoms with Gasteiger partial charge in [0.25, 0.3) is 0 Å². The minimum atomic E-state index is -0.804. The standard InChI is InChI=1S/C19H21NO5/c1-14(20-19(22)25-13-15-6-4-3-5-7-15)18(21)24-12-16-8-10-17(23-2)11-9-16/h3-11,14H,12-13H2,1-2H3,(H,20,22)/t14-/m0/s1. The van der Waals surface area contributed by atoms with Gasteiger partial charge in [-0.15, -0.1) is 0 Å². The summed E-state index contributed by atoms with van der Waals surface area (Å²) in [6, 6.07) is 15.7. The van der Waals surface area contributed by atoms with Crippen LogP contribution in [0.15, 0.2) is 54.6 Å². The third-order valence-electron chi connectivity index (χ3n) is 3.44. The van der Waals surface area contributed by atoms with Gasteiger partial charge in [-0.25, -0.2) is 9.59 Å². The maximum Gasteiger partial charge on any atom is 0.408 e. The molecule has 1 N–H and O–H groups in total. The SMILES string of the molecule is COc1ccc(COC(=O)[C@H](C)NC(=O)OCc2ccccc2)cc1. The van der Waals surface area contributed by atoms with Crippen LogP contribution in [0.25, 0.3) is 0 Å². The number of methoxy groups -OCH3 is 1. The summed E-state index contributed by atoms with van der Waals surface area (Å²) in [4.78, 5) is 23.7. The van der Waals surface area contributed by atoms with Crippen LogP contribution in [0.4, 0.5) is 4.79 Å². The van der Waals surface area contributed by atoms with Gasteiger partial charge in [-0.05, 0) is 30.2 Å². The number of hydrogen-bond donors (Lipinski definition) is 1.